The molecule has 0 fully saturated rings. The summed E-state index contributed by atoms with van der Waals surface area (Å²) in [7, 11) is 1.61. The van der Waals surface area contributed by atoms with Crippen LogP contribution in [0.3, 0.4) is 0 Å². The van der Waals surface area contributed by atoms with Gasteiger partial charge in [-0.15, -0.1) is 0 Å². The minimum Gasteiger partial charge on any atom is -0.410 e. The molecule has 0 aliphatic heterocycles. The van der Waals surface area contributed by atoms with E-state index in [4.69, 9.17) is 10.00 Å². The number of nitriles is 1. The van der Waals surface area contributed by atoms with Crippen molar-refractivity contribution in [2.24, 2.45) is 5.92 Å². The number of rotatable bonds is 3. The maximum absolute atomic E-state index is 11.6. The van der Waals surface area contributed by atoms with Gasteiger partial charge in [-0.25, -0.2) is 4.79 Å². The van der Waals surface area contributed by atoms with Crippen LogP contribution in [0.5, 0.6) is 5.75 Å². The molecule has 1 unspecified atom stereocenters. The number of carbonyl (C=O) groups is 1. The molecule has 16 heavy (non-hydrogen) atoms. The molecule has 1 aromatic rings. The molecule has 1 aromatic carbocycles. The van der Waals surface area contributed by atoms with E-state index < -0.39 is 6.09 Å². The third-order valence-corrected chi connectivity index (χ3v) is 2.03. The van der Waals surface area contributed by atoms with Crippen LogP contribution >= 0.6 is 0 Å². The lowest BCUT2D eigenvalue weighted by atomic mass is 10.2. The Morgan fingerprint density at radius 3 is 2.69 bits per heavy atom. The molecule has 1 amide bonds. The summed E-state index contributed by atoms with van der Waals surface area (Å²) in [6.07, 6.45) is -0.451. The molecule has 4 heteroatoms. The van der Waals surface area contributed by atoms with E-state index in [1.54, 1.807) is 38.2 Å². The largest absolute Gasteiger partial charge is 0.415 e. The summed E-state index contributed by atoms with van der Waals surface area (Å²) in [5.41, 5.74) is 0. The van der Waals surface area contributed by atoms with Gasteiger partial charge in [-0.1, -0.05) is 18.2 Å². The second-order valence-electron chi connectivity index (χ2n) is 3.59. The molecule has 0 heterocycles. The first-order valence-electron chi connectivity index (χ1n) is 5.01. The molecule has 0 saturated carbocycles. The average molecular weight is 218 g/mol. The first-order valence-corrected chi connectivity index (χ1v) is 5.01. The quantitative estimate of drug-likeness (QED) is 0.782. The van der Waals surface area contributed by atoms with Crippen LogP contribution in [-0.4, -0.2) is 24.6 Å². The smallest absolute Gasteiger partial charge is 0.410 e. The van der Waals surface area contributed by atoms with Gasteiger partial charge in [0.1, 0.15) is 5.75 Å². The van der Waals surface area contributed by atoms with Crippen LogP contribution in [0.1, 0.15) is 6.92 Å². The summed E-state index contributed by atoms with van der Waals surface area (Å²) in [5.74, 6) is 0.303. The number of para-hydroxylation sites is 1. The number of nitrogens with zero attached hydrogens (tertiary/aromatic N) is 2. The third-order valence-electron chi connectivity index (χ3n) is 2.03. The van der Waals surface area contributed by atoms with Gasteiger partial charge in [0.2, 0.25) is 0 Å². The first kappa shape index (κ1) is 12.1. The van der Waals surface area contributed by atoms with Gasteiger partial charge in [-0.3, -0.25) is 0 Å². The Morgan fingerprint density at radius 1 is 1.50 bits per heavy atom. The van der Waals surface area contributed by atoms with Crippen molar-refractivity contribution in [2.75, 3.05) is 13.6 Å². The predicted molar refractivity (Wildman–Crippen MR) is 59.9 cm³/mol. The van der Waals surface area contributed by atoms with Crippen LogP contribution in [0.25, 0.3) is 0 Å². The third kappa shape index (κ3) is 3.62. The van der Waals surface area contributed by atoms with Gasteiger partial charge in [0.25, 0.3) is 0 Å². The van der Waals surface area contributed by atoms with Crippen molar-refractivity contribution < 1.29 is 9.53 Å². The number of amides is 1. The summed E-state index contributed by atoms with van der Waals surface area (Å²) >= 11 is 0. The number of carbonyl (C=O) groups excluding carboxylic acids is 1. The summed E-state index contributed by atoms with van der Waals surface area (Å²) < 4.78 is 5.10. The molecule has 0 radical (unpaired) electrons. The molecule has 4 nitrogen and oxygen atoms in total. The number of hydrogen-bond donors (Lipinski definition) is 0. The standard InChI is InChI=1S/C12H14N2O2/c1-10(8-13)9-14(2)12(15)16-11-6-4-3-5-7-11/h3-7,10H,9H2,1-2H3. The van der Waals surface area contributed by atoms with Crippen molar-refractivity contribution >= 4 is 6.09 Å². The molecular weight excluding hydrogens is 204 g/mol. The van der Waals surface area contributed by atoms with E-state index in [1.165, 1.54) is 4.90 Å². The molecule has 0 N–H and O–H groups in total. The van der Waals surface area contributed by atoms with Gasteiger partial charge in [0.15, 0.2) is 0 Å². The lowest BCUT2D eigenvalue weighted by molar-refractivity contribution is 0.160. The lowest BCUT2D eigenvalue weighted by Gasteiger charge is -2.17. The number of hydrogen-bond acceptors (Lipinski definition) is 3. The van der Waals surface area contributed by atoms with E-state index in [2.05, 4.69) is 6.07 Å². The fourth-order valence-electron chi connectivity index (χ4n) is 1.19. The molecule has 1 rings (SSSR count). The van der Waals surface area contributed by atoms with Gasteiger partial charge in [0.05, 0.1) is 12.0 Å². The van der Waals surface area contributed by atoms with Crippen LogP contribution in [0, 0.1) is 17.2 Å². The van der Waals surface area contributed by atoms with Crippen molar-refractivity contribution in [3.8, 4) is 11.8 Å². The van der Waals surface area contributed by atoms with Gasteiger partial charge in [-0.05, 0) is 19.1 Å². The van der Waals surface area contributed by atoms with Gasteiger partial charge in [0, 0.05) is 13.6 Å². The highest BCUT2D eigenvalue weighted by Crippen LogP contribution is 2.10. The highest BCUT2D eigenvalue weighted by atomic mass is 16.6. The zero-order valence-electron chi connectivity index (χ0n) is 9.38. The topological polar surface area (TPSA) is 53.3 Å². The predicted octanol–water partition coefficient (Wildman–Crippen LogP) is 2.28. The van der Waals surface area contributed by atoms with Crippen molar-refractivity contribution in [3.05, 3.63) is 30.3 Å². The zero-order valence-corrected chi connectivity index (χ0v) is 9.38. The van der Waals surface area contributed by atoms with Crippen molar-refractivity contribution in [1.82, 2.24) is 4.90 Å². The highest BCUT2D eigenvalue weighted by molar-refractivity contribution is 5.70. The molecule has 0 bridgehead atoms. The molecule has 1 atom stereocenters. The van der Waals surface area contributed by atoms with Crippen LogP contribution in [-0.2, 0) is 0 Å². The second-order valence-corrected chi connectivity index (χ2v) is 3.59. The van der Waals surface area contributed by atoms with Crippen LogP contribution in [0.2, 0.25) is 0 Å². The van der Waals surface area contributed by atoms with Gasteiger partial charge >= 0.3 is 6.09 Å². The monoisotopic (exact) mass is 218 g/mol. The summed E-state index contributed by atoms with van der Waals surface area (Å²) in [6, 6.07) is 10.9. The van der Waals surface area contributed by atoms with E-state index in [9.17, 15) is 4.79 Å². The normalized spacial score (nSPS) is 11.3. The van der Waals surface area contributed by atoms with E-state index in [0.29, 0.717) is 12.3 Å². The fraction of sp³-hybridized carbons (Fsp3) is 0.333. The zero-order chi connectivity index (χ0) is 12.0. The van der Waals surface area contributed by atoms with Crippen LogP contribution in [0.15, 0.2) is 30.3 Å². The summed E-state index contributed by atoms with van der Waals surface area (Å²) in [4.78, 5) is 12.9. The van der Waals surface area contributed by atoms with Gasteiger partial charge in [-0.2, -0.15) is 5.26 Å². The molecular formula is C12H14N2O2. The summed E-state index contributed by atoms with van der Waals surface area (Å²) in [5, 5.41) is 8.63. The van der Waals surface area contributed by atoms with E-state index in [-0.39, 0.29) is 5.92 Å². The molecule has 0 aliphatic carbocycles. The van der Waals surface area contributed by atoms with E-state index in [1.807, 2.05) is 6.07 Å². The number of benzene rings is 1. The Morgan fingerprint density at radius 2 is 2.12 bits per heavy atom. The van der Waals surface area contributed by atoms with Gasteiger partial charge < -0.3 is 9.64 Å². The molecule has 0 aliphatic rings. The lowest BCUT2D eigenvalue weighted by Crippen LogP contribution is -2.33. The highest BCUT2D eigenvalue weighted by Gasteiger charge is 2.13. The minimum absolute atomic E-state index is 0.201. The molecule has 0 spiro atoms. The SMILES string of the molecule is CC(C#N)CN(C)C(=O)Oc1ccccc1. The van der Waals surface area contributed by atoms with E-state index in [0.717, 1.165) is 0 Å². The second kappa shape index (κ2) is 5.76. The van der Waals surface area contributed by atoms with Crippen molar-refractivity contribution in [2.45, 2.75) is 6.92 Å². The Balaban J connectivity index is 2.50. The average Bonchev–Trinajstić information content (AvgIpc) is 2.30. The maximum Gasteiger partial charge on any atom is 0.415 e. The van der Waals surface area contributed by atoms with Crippen molar-refractivity contribution in [1.29, 1.82) is 5.26 Å². The number of ether oxygens (including phenoxy) is 1. The Hall–Kier alpha value is -2.02. The molecule has 0 aromatic heterocycles. The Kier molecular flexibility index (Phi) is 4.34. The van der Waals surface area contributed by atoms with Crippen molar-refractivity contribution in [3.63, 3.8) is 0 Å². The fourth-order valence-corrected chi connectivity index (χ4v) is 1.19. The molecule has 84 valence electrons. The summed E-state index contributed by atoms with van der Waals surface area (Å²) in [6.45, 7) is 2.12. The van der Waals surface area contributed by atoms with Crippen LogP contribution < -0.4 is 4.74 Å². The minimum atomic E-state index is -0.451. The maximum atomic E-state index is 11.6. The van der Waals surface area contributed by atoms with E-state index >= 15 is 0 Å². The molecule has 0 saturated heterocycles. The first-order chi connectivity index (χ1) is 7.63. The Labute approximate surface area is 95.0 Å². The Bertz CT molecular complexity index is 384. The van der Waals surface area contributed by atoms with Crippen LogP contribution in [0.4, 0.5) is 4.79 Å².